The van der Waals surface area contributed by atoms with Crippen LogP contribution in [0.2, 0.25) is 0 Å². The van der Waals surface area contributed by atoms with Crippen LogP contribution in [-0.4, -0.2) is 38.0 Å². The van der Waals surface area contributed by atoms with E-state index in [0.717, 1.165) is 13.1 Å². The summed E-state index contributed by atoms with van der Waals surface area (Å²) in [5.41, 5.74) is 0.400. The Labute approximate surface area is 123 Å². The van der Waals surface area contributed by atoms with Crippen molar-refractivity contribution >= 4 is 11.8 Å². The van der Waals surface area contributed by atoms with Crippen LogP contribution in [0.4, 0.5) is 4.39 Å². The third-order valence-corrected chi connectivity index (χ3v) is 3.75. The number of hydrogen-bond acceptors (Lipinski definition) is 3. The number of amides is 2. The van der Waals surface area contributed by atoms with E-state index in [1.807, 2.05) is 6.92 Å². The van der Waals surface area contributed by atoms with Crippen LogP contribution in [0.15, 0.2) is 24.3 Å². The van der Waals surface area contributed by atoms with Crippen LogP contribution in [-0.2, 0) is 4.79 Å². The summed E-state index contributed by atoms with van der Waals surface area (Å²) in [6.45, 7) is 4.41. The molecular formula is C15H20FN3O2. The Bertz CT molecular complexity index is 500. The number of carbonyl (C=O) groups excluding carboxylic acids is 2. The van der Waals surface area contributed by atoms with E-state index in [1.165, 1.54) is 24.3 Å². The molecule has 0 aromatic heterocycles. The minimum atomic E-state index is -0.377. The molecule has 2 rings (SSSR count). The largest absolute Gasteiger partial charge is 0.354 e. The smallest absolute Gasteiger partial charge is 0.251 e. The van der Waals surface area contributed by atoms with Gasteiger partial charge in [0.05, 0.1) is 0 Å². The molecule has 3 N–H and O–H groups in total. The van der Waals surface area contributed by atoms with Gasteiger partial charge >= 0.3 is 0 Å². The molecule has 0 radical (unpaired) electrons. The topological polar surface area (TPSA) is 70.2 Å². The number of hydrogen-bond donors (Lipinski definition) is 3. The third kappa shape index (κ3) is 4.26. The van der Waals surface area contributed by atoms with Gasteiger partial charge in [0, 0.05) is 24.6 Å². The van der Waals surface area contributed by atoms with Gasteiger partial charge in [0.2, 0.25) is 5.91 Å². The van der Waals surface area contributed by atoms with Crippen LogP contribution < -0.4 is 16.0 Å². The Kier molecular flexibility index (Phi) is 5.27. The van der Waals surface area contributed by atoms with Crippen molar-refractivity contribution in [2.45, 2.75) is 6.92 Å². The van der Waals surface area contributed by atoms with Gasteiger partial charge in [0.15, 0.2) is 0 Å². The molecule has 1 unspecified atom stereocenters. The van der Waals surface area contributed by atoms with Crippen molar-refractivity contribution in [1.29, 1.82) is 0 Å². The number of nitrogens with one attached hydrogen (secondary N) is 3. The van der Waals surface area contributed by atoms with Gasteiger partial charge in [-0.3, -0.25) is 9.59 Å². The summed E-state index contributed by atoms with van der Waals surface area (Å²) < 4.78 is 12.7. The first-order valence-corrected chi connectivity index (χ1v) is 7.10. The van der Waals surface area contributed by atoms with Crippen LogP contribution in [0.3, 0.4) is 0 Å². The predicted molar refractivity (Wildman–Crippen MR) is 77.3 cm³/mol. The fourth-order valence-electron chi connectivity index (χ4n) is 2.10. The lowest BCUT2D eigenvalue weighted by atomic mass is 9.88. The lowest BCUT2D eigenvalue weighted by Crippen LogP contribution is -2.50. The fraction of sp³-hybridized carbons (Fsp3) is 0.467. The lowest BCUT2D eigenvalue weighted by Gasteiger charge is -2.31. The minimum Gasteiger partial charge on any atom is -0.354 e. The van der Waals surface area contributed by atoms with Gasteiger partial charge in [-0.05, 0) is 43.3 Å². The van der Waals surface area contributed by atoms with Crippen molar-refractivity contribution in [2.75, 3.05) is 26.2 Å². The van der Waals surface area contributed by atoms with Gasteiger partial charge in [0.25, 0.3) is 5.91 Å². The monoisotopic (exact) mass is 293 g/mol. The second-order valence-electron chi connectivity index (χ2n) is 5.26. The first-order chi connectivity index (χ1) is 10.1. The Hall–Kier alpha value is -1.95. The first kappa shape index (κ1) is 15.4. The summed E-state index contributed by atoms with van der Waals surface area (Å²) in [4.78, 5) is 23.6. The van der Waals surface area contributed by atoms with E-state index >= 15 is 0 Å². The van der Waals surface area contributed by atoms with Crippen molar-refractivity contribution in [3.05, 3.63) is 35.6 Å². The molecule has 2 amide bonds. The number of carbonyl (C=O) groups is 2. The molecule has 0 bridgehead atoms. The molecule has 6 heteroatoms. The maximum atomic E-state index is 12.7. The van der Waals surface area contributed by atoms with E-state index in [9.17, 15) is 14.0 Å². The highest BCUT2D eigenvalue weighted by Gasteiger charge is 2.28. The molecule has 1 aliphatic rings. The zero-order valence-corrected chi connectivity index (χ0v) is 12.0. The molecule has 1 heterocycles. The third-order valence-electron chi connectivity index (χ3n) is 3.75. The van der Waals surface area contributed by atoms with Gasteiger partial charge in [-0.15, -0.1) is 0 Å². The van der Waals surface area contributed by atoms with E-state index in [1.54, 1.807) is 0 Å². The van der Waals surface area contributed by atoms with Crippen molar-refractivity contribution in [3.8, 4) is 0 Å². The van der Waals surface area contributed by atoms with Gasteiger partial charge < -0.3 is 16.0 Å². The highest BCUT2D eigenvalue weighted by molar-refractivity contribution is 5.94. The van der Waals surface area contributed by atoms with Gasteiger partial charge in [-0.1, -0.05) is 6.92 Å². The predicted octanol–water partition coefficient (Wildman–Crippen LogP) is 0.527. The summed E-state index contributed by atoms with van der Waals surface area (Å²) in [5, 5.41) is 8.63. The second kappa shape index (κ2) is 7.17. The van der Waals surface area contributed by atoms with Crippen molar-refractivity contribution < 1.29 is 14.0 Å². The van der Waals surface area contributed by atoms with Gasteiger partial charge in [0.1, 0.15) is 5.82 Å². The van der Waals surface area contributed by atoms with Crippen molar-refractivity contribution in [2.24, 2.45) is 11.8 Å². The van der Waals surface area contributed by atoms with Crippen LogP contribution in [0, 0.1) is 17.7 Å². The van der Waals surface area contributed by atoms with E-state index in [0.29, 0.717) is 24.6 Å². The molecule has 21 heavy (non-hydrogen) atoms. The van der Waals surface area contributed by atoms with E-state index in [-0.39, 0.29) is 23.5 Å². The second-order valence-corrected chi connectivity index (χ2v) is 5.26. The Morgan fingerprint density at radius 3 is 2.43 bits per heavy atom. The summed E-state index contributed by atoms with van der Waals surface area (Å²) in [6, 6.07) is 5.33. The van der Waals surface area contributed by atoms with E-state index in [2.05, 4.69) is 16.0 Å². The molecule has 0 spiro atoms. The van der Waals surface area contributed by atoms with Crippen molar-refractivity contribution in [1.82, 2.24) is 16.0 Å². The molecule has 1 saturated heterocycles. The summed E-state index contributed by atoms with van der Waals surface area (Å²) >= 11 is 0. The average molecular weight is 293 g/mol. The van der Waals surface area contributed by atoms with E-state index in [4.69, 9.17) is 0 Å². The molecule has 1 fully saturated rings. The SMILES string of the molecule is CC(C(=O)NCCNC(=O)c1ccc(F)cc1)C1CNC1. The molecule has 114 valence electrons. The highest BCUT2D eigenvalue weighted by Crippen LogP contribution is 2.15. The van der Waals surface area contributed by atoms with Crippen LogP contribution in [0.5, 0.6) is 0 Å². The Balaban J connectivity index is 1.66. The highest BCUT2D eigenvalue weighted by atomic mass is 19.1. The van der Waals surface area contributed by atoms with Crippen LogP contribution in [0.25, 0.3) is 0 Å². The maximum absolute atomic E-state index is 12.7. The molecule has 0 saturated carbocycles. The zero-order valence-electron chi connectivity index (χ0n) is 12.0. The molecule has 1 aliphatic heterocycles. The Morgan fingerprint density at radius 2 is 1.86 bits per heavy atom. The van der Waals surface area contributed by atoms with Crippen molar-refractivity contribution in [3.63, 3.8) is 0 Å². The molecular weight excluding hydrogens is 273 g/mol. The molecule has 1 atom stereocenters. The number of halogens is 1. The van der Waals surface area contributed by atoms with Crippen LogP contribution in [0.1, 0.15) is 17.3 Å². The first-order valence-electron chi connectivity index (χ1n) is 7.10. The molecule has 5 nitrogen and oxygen atoms in total. The molecule has 1 aromatic carbocycles. The van der Waals surface area contributed by atoms with Gasteiger partial charge in [-0.25, -0.2) is 4.39 Å². The average Bonchev–Trinajstić information content (AvgIpc) is 2.42. The van der Waals surface area contributed by atoms with Gasteiger partial charge in [-0.2, -0.15) is 0 Å². The standard InChI is InChI=1S/C15H20FN3O2/c1-10(12-8-17-9-12)14(20)18-6-7-19-15(21)11-2-4-13(16)5-3-11/h2-5,10,12,17H,6-9H2,1H3,(H,18,20)(H,19,21). The summed E-state index contributed by atoms with van der Waals surface area (Å²) in [5.74, 6) is -0.255. The fourth-order valence-corrected chi connectivity index (χ4v) is 2.10. The molecule has 1 aromatic rings. The maximum Gasteiger partial charge on any atom is 0.251 e. The normalized spacial score (nSPS) is 15.9. The number of benzene rings is 1. The zero-order chi connectivity index (χ0) is 15.2. The lowest BCUT2D eigenvalue weighted by molar-refractivity contribution is -0.126. The molecule has 0 aliphatic carbocycles. The summed E-state index contributed by atoms with van der Waals surface area (Å²) in [6.07, 6.45) is 0. The van der Waals surface area contributed by atoms with Crippen LogP contribution >= 0.6 is 0 Å². The van der Waals surface area contributed by atoms with E-state index < -0.39 is 0 Å². The number of rotatable bonds is 6. The summed E-state index contributed by atoms with van der Waals surface area (Å²) in [7, 11) is 0. The Morgan fingerprint density at radius 1 is 1.24 bits per heavy atom. The minimum absolute atomic E-state index is 0.0116. The quantitative estimate of drug-likeness (QED) is 0.670.